The van der Waals surface area contributed by atoms with E-state index in [-0.39, 0.29) is 53.9 Å². The van der Waals surface area contributed by atoms with Crippen LogP contribution in [0.1, 0.15) is 82.4 Å². The van der Waals surface area contributed by atoms with E-state index < -0.39 is 17.1 Å². The number of aromatic nitrogens is 3. The number of rotatable bonds is 9. The summed E-state index contributed by atoms with van der Waals surface area (Å²) in [5.74, 6) is -0.790. The van der Waals surface area contributed by atoms with Gasteiger partial charge in [-0.3, -0.25) is 24.1 Å². The van der Waals surface area contributed by atoms with E-state index >= 15 is 0 Å². The van der Waals surface area contributed by atoms with Crippen molar-refractivity contribution < 1.29 is 24.2 Å². The van der Waals surface area contributed by atoms with E-state index in [4.69, 9.17) is 14.8 Å². The van der Waals surface area contributed by atoms with Gasteiger partial charge in [-0.2, -0.15) is 0 Å². The molecule has 1 aliphatic heterocycles. The Balaban J connectivity index is 1.69. The number of aliphatic hydroxyl groups is 1. The third-order valence-electron chi connectivity index (χ3n) is 7.12. The summed E-state index contributed by atoms with van der Waals surface area (Å²) in [6.07, 6.45) is 5.96. The molecule has 1 atom stereocenters. The Morgan fingerprint density at radius 3 is 2.60 bits per heavy atom. The molecule has 0 radical (unpaired) electrons. The Kier molecular flexibility index (Phi) is 10.4. The Morgan fingerprint density at radius 2 is 1.93 bits per heavy atom. The molecule has 1 saturated heterocycles. The number of ether oxygens (including phenoxy) is 1. The SMILES string of the molecule is CC(C)(C)OC(=O)C=Cc1c(N2CCCC(CC(=O)NCCO)C2)nc2cc(C(=O)Nc3nc(C(C)(C)C)cs3)ccn2c1=O. The van der Waals surface area contributed by atoms with E-state index in [2.05, 4.69) is 15.6 Å². The van der Waals surface area contributed by atoms with Crippen molar-refractivity contribution in [3.8, 4) is 0 Å². The first-order chi connectivity index (χ1) is 21.1. The molecule has 1 aliphatic rings. The van der Waals surface area contributed by atoms with Crippen LogP contribution in [0.4, 0.5) is 10.9 Å². The van der Waals surface area contributed by atoms with Gasteiger partial charge < -0.3 is 20.1 Å². The number of esters is 1. The number of hydrogen-bond acceptors (Lipinski definition) is 10. The van der Waals surface area contributed by atoms with Crippen LogP contribution in [0.15, 0.2) is 34.6 Å². The fourth-order valence-corrected chi connectivity index (χ4v) is 5.89. The number of thiazole rings is 1. The van der Waals surface area contributed by atoms with Gasteiger partial charge in [0.2, 0.25) is 5.91 Å². The molecule has 4 rings (SSSR count). The third-order valence-corrected chi connectivity index (χ3v) is 7.88. The van der Waals surface area contributed by atoms with Crippen molar-refractivity contribution in [2.75, 3.05) is 36.5 Å². The normalized spacial score (nSPS) is 15.8. The molecule has 1 fully saturated rings. The van der Waals surface area contributed by atoms with Crippen LogP contribution in [0.25, 0.3) is 11.7 Å². The smallest absolute Gasteiger partial charge is 0.331 e. The maximum absolute atomic E-state index is 13.8. The second kappa shape index (κ2) is 13.9. The highest BCUT2D eigenvalue weighted by molar-refractivity contribution is 7.14. The summed E-state index contributed by atoms with van der Waals surface area (Å²) in [4.78, 5) is 63.2. The molecule has 0 aromatic carbocycles. The van der Waals surface area contributed by atoms with E-state index in [1.54, 1.807) is 26.8 Å². The molecule has 45 heavy (non-hydrogen) atoms. The highest BCUT2D eigenvalue weighted by atomic mass is 32.1. The summed E-state index contributed by atoms with van der Waals surface area (Å²) in [5, 5.41) is 17.0. The van der Waals surface area contributed by atoms with E-state index in [1.165, 1.54) is 40.2 Å². The number of nitrogens with one attached hydrogen (secondary N) is 2. The van der Waals surface area contributed by atoms with Crippen molar-refractivity contribution in [1.82, 2.24) is 19.7 Å². The lowest BCUT2D eigenvalue weighted by molar-refractivity contribution is -0.148. The fourth-order valence-electron chi connectivity index (χ4n) is 4.95. The van der Waals surface area contributed by atoms with Gasteiger partial charge in [-0.15, -0.1) is 11.3 Å². The predicted molar refractivity (Wildman–Crippen MR) is 175 cm³/mol. The van der Waals surface area contributed by atoms with Gasteiger partial charge in [-0.05, 0) is 57.7 Å². The lowest BCUT2D eigenvalue weighted by atomic mass is 9.93. The number of carbonyl (C=O) groups is 3. The van der Waals surface area contributed by atoms with Crippen LogP contribution < -0.4 is 21.1 Å². The molecular weight excluding hydrogens is 596 g/mol. The lowest BCUT2D eigenvalue weighted by Crippen LogP contribution is -2.40. The highest BCUT2D eigenvalue weighted by Crippen LogP contribution is 2.28. The number of amides is 2. The summed E-state index contributed by atoms with van der Waals surface area (Å²) < 4.78 is 6.73. The number of anilines is 2. The average Bonchev–Trinajstić information content (AvgIpc) is 3.43. The number of fused-ring (bicyclic) bond motifs is 1. The van der Waals surface area contributed by atoms with Crippen LogP contribution in [0.3, 0.4) is 0 Å². The van der Waals surface area contributed by atoms with E-state index in [1.807, 2.05) is 31.1 Å². The van der Waals surface area contributed by atoms with E-state index in [9.17, 15) is 19.2 Å². The van der Waals surface area contributed by atoms with Crippen molar-refractivity contribution in [1.29, 1.82) is 0 Å². The van der Waals surface area contributed by atoms with E-state index in [0.29, 0.717) is 29.6 Å². The number of nitrogens with zero attached hydrogens (tertiary/aromatic N) is 4. The van der Waals surface area contributed by atoms with Gasteiger partial charge in [-0.25, -0.2) is 14.8 Å². The molecule has 4 heterocycles. The summed E-state index contributed by atoms with van der Waals surface area (Å²) in [5.41, 5.74) is 0.344. The molecule has 12 nitrogen and oxygen atoms in total. The average molecular weight is 639 g/mol. The Hall–Kier alpha value is -4.10. The topological polar surface area (TPSA) is 155 Å². The van der Waals surface area contributed by atoms with Crippen molar-refractivity contribution in [2.24, 2.45) is 5.92 Å². The van der Waals surface area contributed by atoms with Crippen LogP contribution >= 0.6 is 11.3 Å². The van der Waals surface area contributed by atoms with Gasteiger partial charge >= 0.3 is 5.97 Å². The number of pyridine rings is 1. The molecule has 3 aromatic heterocycles. The van der Waals surface area contributed by atoms with Crippen LogP contribution in [0, 0.1) is 5.92 Å². The van der Waals surface area contributed by atoms with Crippen molar-refractivity contribution in [3.05, 3.63) is 57.0 Å². The lowest BCUT2D eigenvalue weighted by Gasteiger charge is -2.34. The second-order valence-corrected chi connectivity index (χ2v) is 14.0. The summed E-state index contributed by atoms with van der Waals surface area (Å²) >= 11 is 1.34. The maximum atomic E-state index is 13.8. The van der Waals surface area contributed by atoms with Crippen molar-refractivity contribution in [3.63, 3.8) is 0 Å². The van der Waals surface area contributed by atoms with Gasteiger partial charge in [0.15, 0.2) is 5.13 Å². The molecule has 0 spiro atoms. The molecule has 3 N–H and O–H groups in total. The quantitative estimate of drug-likeness (QED) is 0.235. The second-order valence-electron chi connectivity index (χ2n) is 13.1. The number of hydrogen-bond donors (Lipinski definition) is 3. The zero-order valence-corrected chi connectivity index (χ0v) is 27.5. The van der Waals surface area contributed by atoms with Crippen LogP contribution in [-0.2, 0) is 19.7 Å². The molecule has 242 valence electrons. The molecule has 3 aromatic rings. The van der Waals surface area contributed by atoms with Crippen LogP contribution in [0.2, 0.25) is 0 Å². The van der Waals surface area contributed by atoms with E-state index in [0.717, 1.165) is 18.5 Å². The standard InChI is InChI=1S/C32H42N6O6S/c1-31(2,3)23-19-45-30(34-23)36-28(42)21-11-14-38-24(17-21)35-27(22(29(38)43)9-10-26(41)44-32(4,5)6)37-13-7-8-20(18-37)16-25(40)33-12-15-39/h9-11,14,17,19-20,39H,7-8,12-13,15-16,18H2,1-6H3,(H,33,40)(H,34,36,42). The van der Waals surface area contributed by atoms with Gasteiger partial charge in [-0.1, -0.05) is 20.8 Å². The molecule has 2 amide bonds. The van der Waals surface area contributed by atoms with Crippen LogP contribution in [0.5, 0.6) is 0 Å². The summed E-state index contributed by atoms with van der Waals surface area (Å²) in [7, 11) is 0. The molecule has 0 bridgehead atoms. The first kappa shape index (κ1) is 33.8. The monoisotopic (exact) mass is 638 g/mol. The number of piperidine rings is 1. The first-order valence-electron chi connectivity index (χ1n) is 15.0. The van der Waals surface area contributed by atoms with Gasteiger partial charge in [0.05, 0.1) is 17.9 Å². The minimum atomic E-state index is -0.707. The Morgan fingerprint density at radius 1 is 1.18 bits per heavy atom. The Bertz CT molecular complexity index is 1650. The first-order valence-corrected chi connectivity index (χ1v) is 15.9. The van der Waals surface area contributed by atoms with Crippen molar-refractivity contribution in [2.45, 2.75) is 71.8 Å². The van der Waals surface area contributed by atoms with Gasteiger partial charge in [0.1, 0.15) is 17.1 Å². The maximum Gasteiger partial charge on any atom is 0.331 e. The molecule has 1 unspecified atom stereocenters. The highest BCUT2D eigenvalue weighted by Gasteiger charge is 2.27. The minimum Gasteiger partial charge on any atom is -0.457 e. The molecule has 0 aliphatic carbocycles. The third kappa shape index (κ3) is 8.98. The predicted octanol–water partition coefficient (Wildman–Crippen LogP) is 3.77. The zero-order chi connectivity index (χ0) is 32.9. The minimum absolute atomic E-state index is 0.00576. The molecule has 0 saturated carbocycles. The van der Waals surface area contributed by atoms with Gasteiger partial charge in [0, 0.05) is 54.7 Å². The van der Waals surface area contributed by atoms with Crippen LogP contribution in [-0.4, -0.2) is 69.1 Å². The number of aliphatic hydroxyl groups excluding tert-OH is 1. The molecular formula is C32H42N6O6S. The zero-order valence-electron chi connectivity index (χ0n) is 26.7. The molecule has 13 heteroatoms. The van der Waals surface area contributed by atoms with Gasteiger partial charge in [0.25, 0.3) is 11.5 Å². The number of carbonyl (C=O) groups excluding carboxylic acids is 3. The van der Waals surface area contributed by atoms with Crippen molar-refractivity contribution >= 4 is 51.8 Å². The summed E-state index contributed by atoms with van der Waals surface area (Å²) in [6.45, 7) is 12.5. The largest absolute Gasteiger partial charge is 0.457 e. The summed E-state index contributed by atoms with van der Waals surface area (Å²) in [6, 6.07) is 3.08. The fraction of sp³-hybridized carbons (Fsp3) is 0.500. The Labute approximate surface area is 266 Å².